The number of nitrogens with zero attached hydrogens (tertiary/aromatic N) is 3. The van der Waals surface area contributed by atoms with Gasteiger partial charge in [0.1, 0.15) is 0 Å². The quantitative estimate of drug-likeness (QED) is 0.192. The number of hydrogen-bond donors (Lipinski definition) is 0. The van der Waals surface area contributed by atoms with Gasteiger partial charge in [-0.2, -0.15) is 13.2 Å². The van der Waals surface area contributed by atoms with Gasteiger partial charge in [-0.05, 0) is 48.4 Å². The van der Waals surface area contributed by atoms with Crippen molar-refractivity contribution in [2.24, 2.45) is 4.99 Å². The van der Waals surface area contributed by atoms with Crippen LogP contribution in [0.25, 0.3) is 17.0 Å². The molecule has 0 radical (unpaired) electrons. The molecule has 1 aliphatic rings. The molecular weight excluding hydrogens is 634 g/mol. The summed E-state index contributed by atoms with van der Waals surface area (Å²) in [6.07, 6.45) is -1.49. The zero-order chi connectivity index (χ0) is 31.2. The molecule has 0 saturated heterocycles. The average Bonchev–Trinajstić information content (AvgIpc) is 3.50. The first-order valence-electron chi connectivity index (χ1n) is 13.4. The Hall–Kier alpha value is -4.12. The Kier molecular flexibility index (Phi) is 8.00. The van der Waals surface area contributed by atoms with Gasteiger partial charge in [0.15, 0.2) is 10.5 Å². The number of fused-ring (bicyclic) bond motifs is 2. The molecule has 2 aromatic heterocycles. The summed E-state index contributed by atoms with van der Waals surface area (Å²) in [5.74, 6) is -1.21. The topological polar surface area (TPSA) is 65.6 Å². The molecule has 44 heavy (non-hydrogen) atoms. The number of thiazole rings is 1. The first-order chi connectivity index (χ1) is 21.1. The number of para-hydroxylation sites is 1. The van der Waals surface area contributed by atoms with E-state index in [2.05, 4.69) is 4.99 Å². The van der Waals surface area contributed by atoms with E-state index in [1.807, 2.05) is 53.2 Å². The number of ether oxygens (including phenoxy) is 1. The fourth-order valence-corrected chi connectivity index (χ4v) is 6.59. The second-order valence-corrected chi connectivity index (χ2v) is 11.8. The third-order valence-electron chi connectivity index (χ3n) is 7.19. The monoisotopic (exact) mass is 655 g/mol. The molecule has 1 aliphatic heterocycles. The average molecular weight is 657 g/mol. The molecule has 6 rings (SSSR count). The Balaban J connectivity index is 1.57. The number of alkyl halides is 3. The highest BCUT2D eigenvalue weighted by atomic mass is 35.5. The van der Waals surface area contributed by atoms with Crippen LogP contribution in [-0.2, 0) is 16.1 Å². The Labute approximate surface area is 262 Å². The maximum atomic E-state index is 14.4. The number of aromatic nitrogens is 2. The summed E-state index contributed by atoms with van der Waals surface area (Å²) in [4.78, 5) is 30.7. The summed E-state index contributed by atoms with van der Waals surface area (Å²) < 4.78 is 51.5. The number of hydrogen-bond acceptors (Lipinski definition) is 5. The highest BCUT2D eigenvalue weighted by molar-refractivity contribution is 7.07. The first-order valence-corrected chi connectivity index (χ1v) is 15.0. The molecular formula is C32H22Cl2F3N3O3S. The zero-order valence-corrected chi connectivity index (χ0v) is 25.3. The van der Waals surface area contributed by atoms with Gasteiger partial charge in [0.2, 0.25) is 0 Å². The second kappa shape index (κ2) is 11.8. The lowest BCUT2D eigenvalue weighted by Crippen LogP contribution is -2.41. The van der Waals surface area contributed by atoms with Crippen LogP contribution in [0.4, 0.5) is 13.2 Å². The summed E-state index contributed by atoms with van der Waals surface area (Å²) in [5, 5.41) is 1.79. The van der Waals surface area contributed by atoms with Crippen molar-refractivity contribution in [3.8, 4) is 0 Å². The third kappa shape index (κ3) is 5.49. The molecule has 0 unspecified atom stereocenters. The molecule has 1 atom stereocenters. The van der Waals surface area contributed by atoms with E-state index in [-0.39, 0.29) is 21.5 Å². The number of benzene rings is 3. The Morgan fingerprint density at radius 3 is 2.45 bits per heavy atom. The Bertz CT molecular complexity index is 2130. The lowest BCUT2D eigenvalue weighted by molar-refractivity contribution is -0.140. The lowest BCUT2D eigenvalue weighted by Gasteiger charge is -2.26. The van der Waals surface area contributed by atoms with Gasteiger partial charge in [-0.15, -0.1) is 0 Å². The molecule has 0 amide bonds. The van der Waals surface area contributed by atoms with E-state index in [9.17, 15) is 22.8 Å². The lowest BCUT2D eigenvalue weighted by atomic mass is 9.95. The zero-order valence-electron chi connectivity index (χ0n) is 22.9. The van der Waals surface area contributed by atoms with Gasteiger partial charge in [0.25, 0.3) is 5.56 Å². The van der Waals surface area contributed by atoms with Crippen LogP contribution in [0, 0.1) is 0 Å². The summed E-state index contributed by atoms with van der Waals surface area (Å²) in [7, 11) is 0. The largest absolute Gasteiger partial charge is 0.463 e. The molecule has 3 aromatic carbocycles. The van der Waals surface area contributed by atoms with Crippen LogP contribution < -0.4 is 14.9 Å². The second-order valence-electron chi connectivity index (χ2n) is 9.94. The first kappa shape index (κ1) is 29.9. The van der Waals surface area contributed by atoms with Gasteiger partial charge >= 0.3 is 12.1 Å². The number of halogens is 5. The van der Waals surface area contributed by atoms with Crippen molar-refractivity contribution in [3.05, 3.63) is 137 Å². The molecule has 12 heteroatoms. The summed E-state index contributed by atoms with van der Waals surface area (Å²) in [6.45, 7) is 1.79. The van der Waals surface area contributed by atoms with E-state index in [1.54, 1.807) is 12.1 Å². The van der Waals surface area contributed by atoms with E-state index >= 15 is 0 Å². The molecule has 0 N–H and O–H groups in total. The Morgan fingerprint density at radius 2 is 1.75 bits per heavy atom. The van der Waals surface area contributed by atoms with Crippen molar-refractivity contribution in [1.29, 1.82) is 0 Å². The van der Waals surface area contributed by atoms with Crippen molar-refractivity contribution in [3.63, 3.8) is 0 Å². The van der Waals surface area contributed by atoms with Gasteiger partial charge in [-0.3, -0.25) is 9.36 Å². The van der Waals surface area contributed by atoms with Gasteiger partial charge in [-0.1, -0.05) is 83.1 Å². The summed E-state index contributed by atoms with van der Waals surface area (Å²) in [5.41, 5.74) is -0.0548. The van der Waals surface area contributed by atoms with Crippen molar-refractivity contribution in [1.82, 2.24) is 9.13 Å². The highest BCUT2D eigenvalue weighted by Crippen LogP contribution is 2.38. The maximum Gasteiger partial charge on any atom is 0.434 e. The van der Waals surface area contributed by atoms with Gasteiger partial charge in [0.05, 0.1) is 22.8 Å². The van der Waals surface area contributed by atoms with Crippen LogP contribution in [0.5, 0.6) is 0 Å². The minimum atomic E-state index is -4.99. The fraction of sp³-hybridized carbons (Fsp3) is 0.156. The molecule has 3 heterocycles. The smallest absolute Gasteiger partial charge is 0.434 e. The van der Waals surface area contributed by atoms with Crippen LogP contribution in [0.2, 0.25) is 10.0 Å². The molecule has 0 bridgehead atoms. The minimum absolute atomic E-state index is 0.148. The minimum Gasteiger partial charge on any atom is -0.463 e. The van der Waals surface area contributed by atoms with Crippen molar-refractivity contribution in [2.75, 3.05) is 6.61 Å². The molecule has 5 aromatic rings. The van der Waals surface area contributed by atoms with Crippen molar-refractivity contribution < 1.29 is 22.7 Å². The third-order valence-corrected chi connectivity index (χ3v) is 8.79. The van der Waals surface area contributed by atoms with Crippen molar-refractivity contribution >= 4 is 57.5 Å². The fourth-order valence-electron chi connectivity index (χ4n) is 5.27. The number of carbonyl (C=O) groups excluding carboxylic acids is 1. The predicted molar refractivity (Wildman–Crippen MR) is 165 cm³/mol. The number of carbonyl (C=O) groups is 1. The predicted octanol–water partition coefficient (Wildman–Crippen LogP) is 6.65. The Morgan fingerprint density at radius 1 is 1.05 bits per heavy atom. The molecule has 0 spiro atoms. The molecule has 224 valence electrons. The van der Waals surface area contributed by atoms with Crippen LogP contribution in [0.3, 0.4) is 0 Å². The number of esters is 1. The van der Waals surface area contributed by atoms with Crippen LogP contribution in [-0.4, -0.2) is 27.9 Å². The van der Waals surface area contributed by atoms with Crippen LogP contribution in [0.1, 0.15) is 29.7 Å². The molecule has 0 saturated carbocycles. The molecule has 0 fully saturated rings. The van der Waals surface area contributed by atoms with Crippen molar-refractivity contribution in [2.45, 2.75) is 25.7 Å². The van der Waals surface area contributed by atoms with Gasteiger partial charge in [-0.25, -0.2) is 9.79 Å². The highest BCUT2D eigenvalue weighted by Gasteiger charge is 2.45. The SMILES string of the molecule is CCOC(=O)C1=C(C(F)(F)F)N=c2s/c(=C\c3cn(Cc4ccccc4Cl)c4ccccc34)c(=O)n2[C@@H]1c1ccc(Cl)cc1. The van der Waals surface area contributed by atoms with Gasteiger partial charge < -0.3 is 9.30 Å². The standard InChI is InChI=1S/C32H22Cl2F3N3O3S/c1-2-43-30(42)26-27(18-11-13-21(33)14-12-18)40-29(41)25(44-31(40)38-28(26)32(35,36)37)15-20-17-39(24-10-6-4-8-22(20)24)16-19-7-3-5-9-23(19)34/h3-15,17,27H,2,16H2,1H3/b25-15-/t27-/m1/s1. The molecule has 6 nitrogen and oxygen atoms in total. The van der Waals surface area contributed by atoms with E-state index in [1.165, 1.54) is 31.2 Å². The van der Waals surface area contributed by atoms with E-state index in [4.69, 9.17) is 27.9 Å². The van der Waals surface area contributed by atoms with E-state index in [0.717, 1.165) is 32.4 Å². The number of rotatable bonds is 6. The van der Waals surface area contributed by atoms with Gasteiger partial charge in [0, 0.05) is 39.3 Å². The van der Waals surface area contributed by atoms with E-state index in [0.29, 0.717) is 22.2 Å². The summed E-state index contributed by atoms with van der Waals surface area (Å²) >= 11 is 13.3. The maximum absolute atomic E-state index is 14.4. The molecule has 0 aliphatic carbocycles. The summed E-state index contributed by atoms with van der Waals surface area (Å²) in [6, 6.07) is 19.5. The van der Waals surface area contributed by atoms with Crippen LogP contribution in [0.15, 0.2) is 100 Å². The number of allylic oxidation sites excluding steroid dienone is 1. The van der Waals surface area contributed by atoms with E-state index < -0.39 is 35.0 Å². The normalized spacial score (nSPS) is 15.4. The van der Waals surface area contributed by atoms with Crippen LogP contribution >= 0.6 is 34.5 Å².